The van der Waals surface area contributed by atoms with Crippen molar-refractivity contribution < 1.29 is 19.4 Å². The third-order valence-electron chi connectivity index (χ3n) is 2.14. The van der Waals surface area contributed by atoms with Crippen molar-refractivity contribution in [1.29, 1.82) is 0 Å². The summed E-state index contributed by atoms with van der Waals surface area (Å²) in [6.45, 7) is 0. The first-order valence-corrected chi connectivity index (χ1v) is 3.64. The highest BCUT2D eigenvalue weighted by atomic mass is 19.1. The Hall–Kier alpha value is -0.640. The fourth-order valence-corrected chi connectivity index (χ4v) is 1.27. The van der Waals surface area contributed by atoms with E-state index in [0.717, 1.165) is 0 Å². The maximum atomic E-state index is 12.5. The predicted molar refractivity (Wildman–Crippen MR) is 35.9 cm³/mol. The molecule has 1 aliphatic rings. The average Bonchev–Trinajstić information content (AvgIpc) is 1.95. The molecule has 0 aromatic heterocycles. The van der Waals surface area contributed by atoms with Gasteiger partial charge in [-0.15, -0.1) is 0 Å². The van der Waals surface area contributed by atoms with Gasteiger partial charge in [-0.2, -0.15) is 0 Å². The Morgan fingerprint density at radius 2 is 1.91 bits per heavy atom. The molecule has 2 N–H and O–H groups in total. The molecule has 0 bridgehead atoms. The van der Waals surface area contributed by atoms with Crippen LogP contribution in [0.3, 0.4) is 0 Å². The van der Waals surface area contributed by atoms with Crippen LogP contribution in [0.1, 0.15) is 25.7 Å². The van der Waals surface area contributed by atoms with Gasteiger partial charge in [0.2, 0.25) is 0 Å². The van der Waals surface area contributed by atoms with Crippen molar-refractivity contribution in [3.63, 3.8) is 0 Å². The Labute approximate surface area is 63.8 Å². The highest BCUT2D eigenvalue weighted by molar-refractivity contribution is 5.77. The molecule has 0 aromatic rings. The molecule has 11 heavy (non-hydrogen) atoms. The number of aliphatic hydroxyl groups is 1. The van der Waals surface area contributed by atoms with E-state index in [1.165, 1.54) is 0 Å². The molecule has 1 saturated carbocycles. The summed E-state index contributed by atoms with van der Waals surface area (Å²) in [6.07, 6.45) is -0.562. The van der Waals surface area contributed by atoms with Gasteiger partial charge < -0.3 is 10.2 Å². The maximum absolute atomic E-state index is 12.5. The lowest BCUT2D eigenvalue weighted by atomic mass is 9.84. The van der Waals surface area contributed by atoms with Crippen molar-refractivity contribution in [1.82, 2.24) is 0 Å². The highest BCUT2D eigenvalue weighted by Gasteiger charge is 2.39. The normalized spacial score (nSPS) is 38.5. The minimum atomic E-state index is -1.66. The molecule has 0 heterocycles. The van der Waals surface area contributed by atoms with Gasteiger partial charge in [-0.1, -0.05) is 0 Å². The van der Waals surface area contributed by atoms with Gasteiger partial charge in [0, 0.05) is 0 Å². The van der Waals surface area contributed by atoms with E-state index >= 15 is 0 Å². The summed E-state index contributed by atoms with van der Waals surface area (Å²) in [7, 11) is 0. The molecule has 0 aliphatic heterocycles. The van der Waals surface area contributed by atoms with Gasteiger partial charge in [-0.05, 0) is 25.7 Å². The molecule has 64 valence electrons. The predicted octanol–water partition coefficient (Wildman–Crippen LogP) is 0.714. The monoisotopic (exact) mass is 162 g/mol. The molecule has 0 amide bonds. The fourth-order valence-electron chi connectivity index (χ4n) is 1.27. The molecule has 0 aromatic carbocycles. The summed E-state index contributed by atoms with van der Waals surface area (Å²) in [4.78, 5) is 10.4. The molecule has 3 nitrogen and oxygen atoms in total. The number of alkyl halides is 1. The molecule has 1 rings (SSSR count). The van der Waals surface area contributed by atoms with Crippen LogP contribution in [0.4, 0.5) is 4.39 Å². The van der Waals surface area contributed by atoms with Gasteiger partial charge in [0.25, 0.3) is 0 Å². The van der Waals surface area contributed by atoms with Gasteiger partial charge in [-0.3, -0.25) is 0 Å². The van der Waals surface area contributed by atoms with Gasteiger partial charge in [0.15, 0.2) is 5.60 Å². The van der Waals surface area contributed by atoms with Crippen LogP contribution in [0, 0.1) is 0 Å². The third kappa shape index (κ3) is 1.68. The van der Waals surface area contributed by atoms with Crippen molar-refractivity contribution in [2.45, 2.75) is 37.5 Å². The van der Waals surface area contributed by atoms with Crippen molar-refractivity contribution in [2.75, 3.05) is 0 Å². The number of aliphatic carboxylic acids is 1. The minimum absolute atomic E-state index is 0.0312. The number of carboxylic acids is 1. The average molecular weight is 162 g/mol. The molecular formula is C7H11FO3. The zero-order valence-electron chi connectivity index (χ0n) is 6.09. The van der Waals surface area contributed by atoms with E-state index in [4.69, 9.17) is 5.11 Å². The number of carbonyl (C=O) groups is 1. The largest absolute Gasteiger partial charge is 0.479 e. The Kier molecular flexibility index (Phi) is 2.13. The highest BCUT2D eigenvalue weighted by Crippen LogP contribution is 2.29. The summed E-state index contributed by atoms with van der Waals surface area (Å²) >= 11 is 0. The van der Waals surface area contributed by atoms with Crippen LogP contribution in [0.5, 0.6) is 0 Å². The summed E-state index contributed by atoms with van der Waals surface area (Å²) in [6, 6.07) is 0. The second kappa shape index (κ2) is 2.77. The van der Waals surface area contributed by atoms with Crippen molar-refractivity contribution in [3.8, 4) is 0 Å². The number of hydrogen-bond donors (Lipinski definition) is 2. The number of hydrogen-bond acceptors (Lipinski definition) is 2. The molecule has 0 spiro atoms. The zero-order valence-corrected chi connectivity index (χ0v) is 6.09. The molecule has 4 heteroatoms. The van der Waals surface area contributed by atoms with Gasteiger partial charge in [0.1, 0.15) is 6.17 Å². The SMILES string of the molecule is O=C(O)[C@]1(O)CC[C@@H](F)CC1. The van der Waals surface area contributed by atoms with E-state index in [0.29, 0.717) is 0 Å². The smallest absolute Gasteiger partial charge is 0.335 e. The van der Waals surface area contributed by atoms with Crippen molar-refractivity contribution in [2.24, 2.45) is 0 Å². The quantitative estimate of drug-likeness (QED) is 0.597. The fraction of sp³-hybridized carbons (Fsp3) is 0.857. The first-order chi connectivity index (χ1) is 5.04. The minimum Gasteiger partial charge on any atom is -0.479 e. The van der Waals surface area contributed by atoms with Crippen LogP contribution in [-0.2, 0) is 4.79 Å². The first kappa shape index (κ1) is 8.46. The summed E-state index contributed by atoms with van der Waals surface area (Å²) in [5.41, 5.74) is -1.66. The number of halogens is 1. The standard InChI is InChI=1S/C7H11FO3/c8-5-1-3-7(11,4-2-5)6(9)10/h5,11H,1-4H2,(H,9,10)/t5-,7+. The Bertz CT molecular complexity index is 161. The lowest BCUT2D eigenvalue weighted by molar-refractivity contribution is -0.162. The second-order valence-corrected chi connectivity index (χ2v) is 3.01. The van der Waals surface area contributed by atoms with Crippen LogP contribution in [0.15, 0.2) is 0 Å². The van der Waals surface area contributed by atoms with Gasteiger partial charge >= 0.3 is 5.97 Å². The van der Waals surface area contributed by atoms with Crippen LogP contribution in [0.2, 0.25) is 0 Å². The van der Waals surface area contributed by atoms with E-state index in [1.54, 1.807) is 0 Å². The summed E-state index contributed by atoms with van der Waals surface area (Å²) in [5, 5.41) is 17.8. The van der Waals surface area contributed by atoms with Crippen molar-refractivity contribution >= 4 is 5.97 Å². The molecule has 1 fully saturated rings. The number of carboxylic acid groups (broad SMARTS) is 1. The Morgan fingerprint density at radius 3 is 2.27 bits per heavy atom. The van der Waals surface area contributed by atoms with E-state index < -0.39 is 17.7 Å². The van der Waals surface area contributed by atoms with Crippen LogP contribution < -0.4 is 0 Å². The van der Waals surface area contributed by atoms with E-state index in [1.807, 2.05) is 0 Å². The van der Waals surface area contributed by atoms with Gasteiger partial charge in [-0.25, -0.2) is 9.18 Å². The summed E-state index contributed by atoms with van der Waals surface area (Å²) < 4.78 is 12.5. The molecular weight excluding hydrogens is 151 g/mol. The van der Waals surface area contributed by atoms with Crippen LogP contribution >= 0.6 is 0 Å². The van der Waals surface area contributed by atoms with E-state index in [-0.39, 0.29) is 25.7 Å². The third-order valence-corrected chi connectivity index (χ3v) is 2.14. The topological polar surface area (TPSA) is 57.5 Å². The van der Waals surface area contributed by atoms with Gasteiger partial charge in [0.05, 0.1) is 0 Å². The van der Waals surface area contributed by atoms with Crippen LogP contribution in [0.25, 0.3) is 0 Å². The molecule has 0 unspecified atom stereocenters. The van der Waals surface area contributed by atoms with E-state index in [9.17, 15) is 14.3 Å². The molecule has 0 atom stereocenters. The Morgan fingerprint density at radius 1 is 1.45 bits per heavy atom. The molecule has 0 radical (unpaired) electrons. The zero-order chi connectivity index (χ0) is 8.48. The lowest BCUT2D eigenvalue weighted by Gasteiger charge is -2.29. The Balaban J connectivity index is 2.55. The molecule has 1 aliphatic carbocycles. The lowest BCUT2D eigenvalue weighted by Crippen LogP contribution is -2.42. The maximum Gasteiger partial charge on any atom is 0.335 e. The van der Waals surface area contributed by atoms with E-state index in [2.05, 4.69) is 0 Å². The van der Waals surface area contributed by atoms with Crippen LogP contribution in [-0.4, -0.2) is 28.0 Å². The first-order valence-electron chi connectivity index (χ1n) is 3.64. The second-order valence-electron chi connectivity index (χ2n) is 3.01. The number of rotatable bonds is 1. The van der Waals surface area contributed by atoms with Crippen molar-refractivity contribution in [3.05, 3.63) is 0 Å². The molecule has 0 saturated heterocycles. The summed E-state index contributed by atoms with van der Waals surface area (Å²) in [5.74, 6) is -1.23.